The smallest absolute Gasteiger partial charge is 0.0475 e. The van der Waals surface area contributed by atoms with E-state index in [1.54, 1.807) is 0 Å². The average Bonchev–Trinajstić information content (AvgIpc) is 2.27. The summed E-state index contributed by atoms with van der Waals surface area (Å²) >= 11 is 0. The second kappa shape index (κ2) is 8.28. The molecule has 0 bridgehead atoms. The van der Waals surface area contributed by atoms with Crippen molar-refractivity contribution in [2.45, 2.75) is 70.4 Å². The summed E-state index contributed by atoms with van der Waals surface area (Å²) in [5.74, 6) is 0. The predicted molar refractivity (Wildman–Crippen MR) is 69.7 cm³/mol. The Hall–Kier alpha value is 0.110. The molecule has 15 heavy (non-hydrogen) atoms. The highest BCUT2D eigenvalue weighted by atomic mass is 32.2. The molecule has 0 heterocycles. The van der Waals surface area contributed by atoms with Crippen molar-refractivity contribution in [2.24, 2.45) is 0 Å². The third kappa shape index (κ3) is 5.12. The molecule has 0 rings (SSSR count). The Bertz CT molecular complexity index is 184. The third-order valence-electron chi connectivity index (χ3n) is 3.00. The molecule has 4 unspecified atom stereocenters. The van der Waals surface area contributed by atoms with E-state index in [4.69, 9.17) is 0 Å². The predicted octanol–water partition coefficient (Wildman–Crippen LogP) is 2.70. The van der Waals surface area contributed by atoms with E-state index in [1.165, 1.54) is 0 Å². The lowest BCUT2D eigenvalue weighted by atomic mass is 10.1. The van der Waals surface area contributed by atoms with Crippen molar-refractivity contribution in [3.05, 3.63) is 0 Å². The van der Waals surface area contributed by atoms with Gasteiger partial charge in [0.1, 0.15) is 0 Å². The molecule has 0 aromatic heterocycles. The fourth-order valence-corrected chi connectivity index (χ4v) is 3.34. The minimum absolute atomic E-state index is 0.261. The van der Waals surface area contributed by atoms with Crippen molar-refractivity contribution >= 4 is 10.8 Å². The highest BCUT2D eigenvalue weighted by Crippen LogP contribution is 2.12. The molecule has 0 radical (unpaired) electrons. The summed E-state index contributed by atoms with van der Waals surface area (Å²) in [4.78, 5) is 0. The Kier molecular flexibility index (Phi) is 8.34. The van der Waals surface area contributed by atoms with E-state index in [0.717, 1.165) is 25.8 Å². The lowest BCUT2D eigenvalue weighted by Crippen LogP contribution is -2.42. The van der Waals surface area contributed by atoms with Gasteiger partial charge in [0.05, 0.1) is 0 Å². The monoisotopic (exact) mass is 233 g/mol. The zero-order valence-electron chi connectivity index (χ0n) is 10.9. The lowest BCUT2D eigenvalue weighted by molar-refractivity contribution is 0.484. The van der Waals surface area contributed by atoms with Crippen LogP contribution in [0, 0.1) is 0 Å². The van der Waals surface area contributed by atoms with E-state index in [2.05, 4.69) is 39.9 Å². The van der Waals surface area contributed by atoms with E-state index in [-0.39, 0.29) is 5.25 Å². The topological polar surface area (TPSA) is 29.1 Å². The summed E-state index contributed by atoms with van der Waals surface area (Å²) in [6.45, 7) is 11.7. The minimum atomic E-state index is -0.705. The number of hydrogen-bond acceptors (Lipinski definition) is 2. The Morgan fingerprint density at radius 2 is 1.73 bits per heavy atom. The second-order valence-electron chi connectivity index (χ2n) is 4.22. The summed E-state index contributed by atoms with van der Waals surface area (Å²) in [5, 5.41) is 4.06. The van der Waals surface area contributed by atoms with Gasteiger partial charge in [0, 0.05) is 27.3 Å². The molecule has 0 aliphatic heterocycles. The third-order valence-corrected chi connectivity index (χ3v) is 5.19. The van der Waals surface area contributed by atoms with Crippen molar-refractivity contribution in [1.82, 2.24) is 5.32 Å². The van der Waals surface area contributed by atoms with Crippen LogP contribution < -0.4 is 5.32 Å². The van der Waals surface area contributed by atoms with Gasteiger partial charge in [0.15, 0.2) is 0 Å². The highest BCUT2D eigenvalue weighted by molar-refractivity contribution is 7.86. The van der Waals surface area contributed by atoms with Crippen LogP contribution in [0.2, 0.25) is 0 Å². The van der Waals surface area contributed by atoms with Crippen molar-refractivity contribution in [2.75, 3.05) is 6.54 Å². The maximum Gasteiger partial charge on any atom is 0.0475 e. The number of nitrogens with one attached hydrogen (secondary N) is 1. The fourth-order valence-electron chi connectivity index (χ4n) is 1.66. The Morgan fingerprint density at radius 1 is 1.13 bits per heavy atom. The molecule has 0 spiro atoms. The molecule has 4 atom stereocenters. The van der Waals surface area contributed by atoms with Crippen LogP contribution in [-0.4, -0.2) is 27.3 Å². The van der Waals surface area contributed by atoms with Gasteiger partial charge in [-0.25, -0.2) is 0 Å². The molecule has 0 amide bonds. The van der Waals surface area contributed by atoms with Gasteiger partial charge in [-0.1, -0.05) is 27.7 Å². The molecular weight excluding hydrogens is 206 g/mol. The van der Waals surface area contributed by atoms with Crippen LogP contribution in [0.3, 0.4) is 0 Å². The van der Waals surface area contributed by atoms with E-state index in [1.807, 2.05) is 0 Å². The summed E-state index contributed by atoms with van der Waals surface area (Å²) in [6.07, 6.45) is 3.20. The normalized spacial score (nSPS) is 19.5. The van der Waals surface area contributed by atoms with E-state index < -0.39 is 10.8 Å². The van der Waals surface area contributed by atoms with E-state index in [9.17, 15) is 4.21 Å². The van der Waals surface area contributed by atoms with Crippen molar-refractivity contribution in [1.29, 1.82) is 0 Å². The van der Waals surface area contributed by atoms with Crippen LogP contribution in [0.15, 0.2) is 0 Å². The SMILES string of the molecule is CCCNC(CC)C(C)S(=O)C(C)CC. The molecule has 0 aliphatic carbocycles. The number of hydrogen-bond donors (Lipinski definition) is 1. The summed E-state index contributed by atoms with van der Waals surface area (Å²) < 4.78 is 12.1. The van der Waals surface area contributed by atoms with Gasteiger partial charge < -0.3 is 5.32 Å². The minimum Gasteiger partial charge on any atom is -0.313 e. The van der Waals surface area contributed by atoms with Crippen LogP contribution in [-0.2, 0) is 10.8 Å². The molecule has 1 N–H and O–H groups in total. The maximum absolute atomic E-state index is 12.1. The zero-order chi connectivity index (χ0) is 11.8. The van der Waals surface area contributed by atoms with Crippen LogP contribution in [0.25, 0.3) is 0 Å². The molecular formula is C12H27NOS. The van der Waals surface area contributed by atoms with Gasteiger partial charge in [0.2, 0.25) is 0 Å². The summed E-state index contributed by atoms with van der Waals surface area (Å²) in [7, 11) is -0.705. The fraction of sp³-hybridized carbons (Fsp3) is 1.00. The second-order valence-corrected chi connectivity index (χ2v) is 6.43. The van der Waals surface area contributed by atoms with Gasteiger partial charge in [-0.3, -0.25) is 4.21 Å². The van der Waals surface area contributed by atoms with Crippen molar-refractivity contribution in [3.63, 3.8) is 0 Å². The number of rotatable bonds is 8. The molecule has 0 saturated heterocycles. The average molecular weight is 233 g/mol. The Labute approximate surface area is 97.7 Å². The van der Waals surface area contributed by atoms with Crippen LogP contribution in [0.4, 0.5) is 0 Å². The summed E-state index contributed by atoms with van der Waals surface area (Å²) in [6, 6.07) is 0.403. The standard InChI is InChI=1S/C12H27NOS/c1-6-9-13-12(8-3)11(5)15(14)10(4)7-2/h10-13H,6-9H2,1-5H3. The molecule has 2 nitrogen and oxygen atoms in total. The van der Waals surface area contributed by atoms with Crippen LogP contribution >= 0.6 is 0 Å². The first kappa shape index (κ1) is 15.1. The molecule has 92 valence electrons. The first-order chi connectivity index (χ1) is 7.08. The molecule has 0 aliphatic rings. The molecule has 3 heteroatoms. The molecule has 0 saturated carbocycles. The van der Waals surface area contributed by atoms with Gasteiger partial charge >= 0.3 is 0 Å². The van der Waals surface area contributed by atoms with Crippen molar-refractivity contribution in [3.8, 4) is 0 Å². The van der Waals surface area contributed by atoms with E-state index >= 15 is 0 Å². The highest BCUT2D eigenvalue weighted by Gasteiger charge is 2.23. The Balaban J connectivity index is 4.23. The zero-order valence-corrected chi connectivity index (χ0v) is 11.7. The molecule has 0 fully saturated rings. The van der Waals surface area contributed by atoms with Gasteiger partial charge in [-0.2, -0.15) is 0 Å². The lowest BCUT2D eigenvalue weighted by Gasteiger charge is -2.25. The van der Waals surface area contributed by atoms with Crippen LogP contribution in [0.5, 0.6) is 0 Å². The molecule has 0 aromatic rings. The quantitative estimate of drug-likeness (QED) is 0.698. The van der Waals surface area contributed by atoms with Gasteiger partial charge in [-0.15, -0.1) is 0 Å². The van der Waals surface area contributed by atoms with Gasteiger partial charge in [0.25, 0.3) is 0 Å². The van der Waals surface area contributed by atoms with Crippen LogP contribution in [0.1, 0.15) is 53.9 Å². The largest absolute Gasteiger partial charge is 0.313 e. The maximum atomic E-state index is 12.1. The first-order valence-corrected chi connectivity index (χ1v) is 7.48. The summed E-state index contributed by atoms with van der Waals surface area (Å²) in [5.41, 5.74) is 0. The van der Waals surface area contributed by atoms with Gasteiger partial charge in [-0.05, 0) is 32.7 Å². The van der Waals surface area contributed by atoms with Crippen molar-refractivity contribution < 1.29 is 4.21 Å². The molecule has 0 aromatic carbocycles. The first-order valence-electron chi connectivity index (χ1n) is 6.21. The van der Waals surface area contributed by atoms with E-state index in [0.29, 0.717) is 11.3 Å². The Morgan fingerprint density at radius 3 is 2.13 bits per heavy atom.